The number of aliphatic imine (C=N–C) groups is 1. The number of hydrogen-bond donors (Lipinski definition) is 1. The Balaban J connectivity index is 1.83. The van der Waals surface area contributed by atoms with Crippen LogP contribution in [0.4, 0.5) is 4.39 Å². The second kappa shape index (κ2) is 10.4. The first-order valence-corrected chi connectivity index (χ1v) is 11.2. The summed E-state index contributed by atoms with van der Waals surface area (Å²) in [6.07, 6.45) is 3.91. The molecule has 0 aliphatic heterocycles. The first-order chi connectivity index (χ1) is 16.9. The van der Waals surface area contributed by atoms with Crippen LogP contribution >= 0.6 is 0 Å². The third kappa shape index (κ3) is 4.90. The van der Waals surface area contributed by atoms with Crippen LogP contribution < -0.4 is 5.90 Å². The van der Waals surface area contributed by atoms with Gasteiger partial charge >= 0.3 is 5.97 Å². The van der Waals surface area contributed by atoms with Crippen LogP contribution in [-0.2, 0) is 9.57 Å². The molecule has 0 bridgehead atoms. The van der Waals surface area contributed by atoms with Crippen molar-refractivity contribution in [3.63, 3.8) is 0 Å². The molecule has 1 aliphatic rings. The Hall–Kier alpha value is -4.11. The normalized spacial score (nSPS) is 16.8. The number of carbonyl (C=O) groups excluding carboxylic acids is 1. The Morgan fingerprint density at radius 2 is 2.00 bits per heavy atom. The summed E-state index contributed by atoms with van der Waals surface area (Å²) in [5.74, 6) is 4.74. The highest BCUT2D eigenvalue weighted by Crippen LogP contribution is 2.34. The van der Waals surface area contributed by atoms with Crippen molar-refractivity contribution in [1.29, 1.82) is 0 Å². The minimum atomic E-state index is -0.446. The van der Waals surface area contributed by atoms with Crippen molar-refractivity contribution in [2.75, 3.05) is 7.11 Å². The van der Waals surface area contributed by atoms with Crippen molar-refractivity contribution in [3.05, 3.63) is 89.4 Å². The fraction of sp³-hybridized carbons (Fsp3) is 0.231. The highest BCUT2D eigenvalue weighted by Gasteiger charge is 2.28. The number of aromatic nitrogens is 3. The van der Waals surface area contributed by atoms with Crippen LogP contribution in [0, 0.1) is 5.92 Å². The summed E-state index contributed by atoms with van der Waals surface area (Å²) >= 11 is 0. The second-order valence-corrected chi connectivity index (χ2v) is 8.18. The van der Waals surface area contributed by atoms with Gasteiger partial charge < -0.3 is 9.57 Å². The van der Waals surface area contributed by atoms with Gasteiger partial charge in [-0.1, -0.05) is 60.7 Å². The van der Waals surface area contributed by atoms with Crippen LogP contribution in [0.2, 0.25) is 0 Å². The molecule has 2 atom stereocenters. The molecule has 0 radical (unpaired) electrons. The van der Waals surface area contributed by atoms with Crippen LogP contribution in [0.3, 0.4) is 0 Å². The van der Waals surface area contributed by atoms with Gasteiger partial charge in [0, 0.05) is 11.5 Å². The lowest BCUT2D eigenvalue weighted by Gasteiger charge is -2.20. The lowest BCUT2D eigenvalue weighted by molar-refractivity contribution is 0.0600. The molecule has 0 amide bonds. The Kier molecular flexibility index (Phi) is 7.17. The summed E-state index contributed by atoms with van der Waals surface area (Å²) in [6, 6.07) is 15.9. The minimum Gasteiger partial charge on any atom is -0.465 e. The Morgan fingerprint density at radius 1 is 1.23 bits per heavy atom. The van der Waals surface area contributed by atoms with Crippen molar-refractivity contribution in [3.8, 4) is 11.3 Å². The molecule has 4 rings (SSSR count). The van der Waals surface area contributed by atoms with Crippen molar-refractivity contribution >= 4 is 17.6 Å². The minimum absolute atomic E-state index is 0.0334. The lowest BCUT2D eigenvalue weighted by atomic mass is 9.97. The van der Waals surface area contributed by atoms with E-state index in [0.717, 1.165) is 11.1 Å². The summed E-state index contributed by atoms with van der Waals surface area (Å²) in [7, 11) is 1.33. The van der Waals surface area contributed by atoms with Crippen LogP contribution in [0.15, 0.2) is 77.6 Å². The van der Waals surface area contributed by atoms with Crippen molar-refractivity contribution < 1.29 is 18.8 Å². The van der Waals surface area contributed by atoms with E-state index >= 15 is 0 Å². The number of allylic oxidation sites excluding steroid dienone is 4. The molecule has 0 saturated heterocycles. The number of esters is 1. The molecule has 1 heterocycles. The van der Waals surface area contributed by atoms with Crippen LogP contribution in [0.1, 0.15) is 47.9 Å². The zero-order valence-electron chi connectivity index (χ0n) is 19.7. The monoisotopic (exact) mass is 475 g/mol. The van der Waals surface area contributed by atoms with Crippen LogP contribution in [0.5, 0.6) is 0 Å². The highest BCUT2D eigenvalue weighted by atomic mass is 19.1. The van der Waals surface area contributed by atoms with Gasteiger partial charge in [0.15, 0.2) is 5.69 Å². The number of rotatable bonds is 6. The Morgan fingerprint density at radius 3 is 2.69 bits per heavy atom. The standard InChI is InChI=1S/C26H26FN5O3/c1-16-9-7-14-21(27)23(16)32-24(18-10-5-4-6-11-18)22(30-31-32)25(35-28)29-17(2)19-12-8-13-20(15-19)26(33)34-3/h4-8,10-17H,9,28H2,1-3H3. The van der Waals surface area contributed by atoms with Gasteiger partial charge in [0.25, 0.3) is 5.90 Å². The van der Waals surface area contributed by atoms with E-state index in [9.17, 15) is 9.18 Å². The molecular weight excluding hydrogens is 449 g/mol. The number of ether oxygens (including phenoxy) is 1. The number of halogens is 1. The fourth-order valence-corrected chi connectivity index (χ4v) is 4.01. The summed E-state index contributed by atoms with van der Waals surface area (Å²) in [5, 5.41) is 8.56. The maximum atomic E-state index is 14.9. The molecule has 1 aliphatic carbocycles. The molecule has 8 nitrogen and oxygen atoms in total. The van der Waals surface area contributed by atoms with Gasteiger partial charge in [-0.25, -0.2) is 18.9 Å². The van der Waals surface area contributed by atoms with Gasteiger partial charge in [0.05, 0.1) is 24.4 Å². The number of methoxy groups -OCH3 is 1. The van der Waals surface area contributed by atoms with Gasteiger partial charge in [0.1, 0.15) is 11.5 Å². The maximum Gasteiger partial charge on any atom is 0.337 e. The van der Waals surface area contributed by atoms with Gasteiger partial charge in [-0.2, -0.15) is 5.90 Å². The van der Waals surface area contributed by atoms with Gasteiger partial charge in [-0.3, -0.25) is 0 Å². The van der Waals surface area contributed by atoms with Gasteiger partial charge in [-0.15, -0.1) is 5.10 Å². The van der Waals surface area contributed by atoms with E-state index in [4.69, 9.17) is 15.5 Å². The zero-order chi connectivity index (χ0) is 24.9. The van der Waals surface area contributed by atoms with E-state index < -0.39 is 12.0 Å². The first-order valence-electron chi connectivity index (χ1n) is 11.2. The summed E-state index contributed by atoms with van der Waals surface area (Å²) < 4.78 is 21.2. The number of carbonyl (C=O) groups is 1. The average Bonchev–Trinajstić information content (AvgIpc) is 3.31. The van der Waals surface area contributed by atoms with E-state index in [1.165, 1.54) is 17.9 Å². The van der Waals surface area contributed by atoms with Crippen LogP contribution in [-0.4, -0.2) is 34.0 Å². The molecule has 9 heteroatoms. The number of nitrogens with zero attached hydrogens (tertiary/aromatic N) is 4. The van der Waals surface area contributed by atoms with E-state index in [1.54, 1.807) is 24.3 Å². The molecule has 0 saturated carbocycles. The Bertz CT molecular complexity index is 1310. The molecule has 2 N–H and O–H groups in total. The van der Waals surface area contributed by atoms with Crippen molar-refractivity contribution in [2.24, 2.45) is 16.8 Å². The fourth-order valence-electron chi connectivity index (χ4n) is 4.01. The summed E-state index contributed by atoms with van der Waals surface area (Å²) in [6.45, 7) is 3.76. The first kappa shape index (κ1) is 24.0. The topological polar surface area (TPSA) is 105 Å². The smallest absolute Gasteiger partial charge is 0.337 e. The molecule has 0 spiro atoms. The van der Waals surface area contributed by atoms with Gasteiger partial charge in [-0.05, 0) is 37.1 Å². The molecule has 180 valence electrons. The second-order valence-electron chi connectivity index (χ2n) is 8.18. The maximum absolute atomic E-state index is 14.9. The summed E-state index contributed by atoms with van der Waals surface area (Å²) in [4.78, 5) is 21.7. The lowest BCUT2D eigenvalue weighted by Crippen LogP contribution is -2.16. The van der Waals surface area contributed by atoms with Crippen LogP contribution in [0.25, 0.3) is 17.0 Å². The van der Waals surface area contributed by atoms with E-state index in [2.05, 4.69) is 15.3 Å². The molecule has 0 fully saturated rings. The average molecular weight is 476 g/mol. The molecule has 2 aromatic carbocycles. The van der Waals surface area contributed by atoms with E-state index in [1.807, 2.05) is 50.2 Å². The van der Waals surface area contributed by atoms with Crippen molar-refractivity contribution in [2.45, 2.75) is 26.3 Å². The van der Waals surface area contributed by atoms with E-state index in [0.29, 0.717) is 23.4 Å². The predicted octanol–water partition coefficient (Wildman–Crippen LogP) is 4.86. The molecule has 3 aromatic rings. The Labute approximate surface area is 202 Å². The number of hydrogen-bond acceptors (Lipinski definition) is 7. The van der Waals surface area contributed by atoms with E-state index in [-0.39, 0.29) is 23.3 Å². The SMILES string of the molecule is COC(=O)c1cccc(C(C)N=C(ON)c2nnn(C3=C(F)C=CCC3C)c2-c2ccccc2)c1. The molecule has 2 unspecified atom stereocenters. The zero-order valence-corrected chi connectivity index (χ0v) is 19.7. The largest absolute Gasteiger partial charge is 0.465 e. The third-order valence-corrected chi connectivity index (χ3v) is 5.83. The molecule has 1 aromatic heterocycles. The summed E-state index contributed by atoms with van der Waals surface area (Å²) in [5.41, 5.74) is 3.09. The third-order valence-electron chi connectivity index (χ3n) is 5.83. The number of nitrogens with two attached hydrogens (primary N) is 1. The molecular formula is C26H26FN5O3. The highest BCUT2D eigenvalue weighted by molar-refractivity contribution is 5.98. The molecule has 35 heavy (non-hydrogen) atoms. The van der Waals surface area contributed by atoms with Gasteiger partial charge in [0.2, 0.25) is 0 Å². The van der Waals surface area contributed by atoms with Crippen molar-refractivity contribution in [1.82, 2.24) is 15.0 Å². The predicted molar refractivity (Wildman–Crippen MR) is 131 cm³/mol. The quantitative estimate of drug-likeness (QED) is 0.236. The number of benzene rings is 2.